The lowest BCUT2D eigenvalue weighted by Crippen LogP contribution is -2.46. The third kappa shape index (κ3) is 6.79. The number of aromatic nitrogens is 1. The highest BCUT2D eigenvalue weighted by molar-refractivity contribution is 6.31. The summed E-state index contributed by atoms with van der Waals surface area (Å²) >= 11 is 6.59. The molecule has 0 radical (unpaired) electrons. The molecule has 0 unspecified atom stereocenters. The Morgan fingerprint density at radius 1 is 1.05 bits per heavy atom. The predicted molar refractivity (Wildman–Crippen MR) is 162 cm³/mol. The summed E-state index contributed by atoms with van der Waals surface area (Å²) in [6.07, 6.45) is 4.58. The summed E-state index contributed by atoms with van der Waals surface area (Å²) in [6, 6.07) is 6.39. The third-order valence-corrected chi connectivity index (χ3v) is 8.79. The Bertz CT molecular complexity index is 1210. The maximum Gasteiger partial charge on any atom is 0.251 e. The van der Waals surface area contributed by atoms with E-state index in [2.05, 4.69) is 58.0 Å². The van der Waals surface area contributed by atoms with Crippen molar-refractivity contribution >= 4 is 29.0 Å². The first kappa shape index (κ1) is 29.4. The van der Waals surface area contributed by atoms with Crippen LogP contribution in [0.3, 0.4) is 0 Å². The second-order valence-electron chi connectivity index (χ2n) is 11.4. The van der Waals surface area contributed by atoms with Crippen molar-refractivity contribution in [1.29, 1.82) is 0 Å². The van der Waals surface area contributed by atoms with E-state index in [4.69, 9.17) is 11.6 Å². The molecule has 1 aliphatic carbocycles. The van der Waals surface area contributed by atoms with Crippen molar-refractivity contribution in [2.24, 2.45) is 0 Å². The first-order chi connectivity index (χ1) is 18.6. The normalized spacial score (nSPS) is 20.4. The first-order valence-corrected chi connectivity index (χ1v) is 14.6. The molecule has 2 fully saturated rings. The Morgan fingerprint density at radius 2 is 1.69 bits per heavy atom. The molecular weight excluding hydrogens is 512 g/mol. The van der Waals surface area contributed by atoms with Crippen LogP contribution in [-0.2, 0) is 6.54 Å². The van der Waals surface area contributed by atoms with E-state index in [1.165, 1.54) is 12.8 Å². The third-order valence-electron chi connectivity index (χ3n) is 8.57. The Morgan fingerprint density at radius 3 is 2.31 bits per heavy atom. The molecule has 1 aromatic carbocycles. The van der Waals surface area contributed by atoms with Gasteiger partial charge in [0.15, 0.2) is 5.43 Å². The number of hydrogen-bond acceptors (Lipinski definition) is 6. The SMILES string of the molecule is CCN(c1cc(Cl)cc(C(=O)NCc2c(N3CCN(C)CC3)[nH]c(C)cc2=O)c1C)C1CCC(N(C)C)CC1. The van der Waals surface area contributed by atoms with Crippen LogP contribution in [0.15, 0.2) is 23.0 Å². The number of carbonyl (C=O) groups is 1. The average Bonchev–Trinajstić information content (AvgIpc) is 2.90. The molecule has 2 N–H and O–H groups in total. The molecule has 9 heteroatoms. The van der Waals surface area contributed by atoms with Crippen LogP contribution < -0.4 is 20.5 Å². The second-order valence-corrected chi connectivity index (χ2v) is 11.9. The zero-order chi connectivity index (χ0) is 28.3. The molecule has 2 heterocycles. The number of carbonyl (C=O) groups excluding carboxylic acids is 1. The number of amides is 1. The van der Waals surface area contributed by atoms with Gasteiger partial charge in [-0.3, -0.25) is 9.59 Å². The molecule has 0 spiro atoms. The van der Waals surface area contributed by atoms with Gasteiger partial charge in [0, 0.05) is 72.8 Å². The Labute approximate surface area is 238 Å². The predicted octanol–water partition coefficient (Wildman–Crippen LogP) is 4.03. The minimum atomic E-state index is -0.215. The molecule has 2 aliphatic rings. The highest BCUT2D eigenvalue weighted by atomic mass is 35.5. The van der Waals surface area contributed by atoms with E-state index in [9.17, 15) is 9.59 Å². The van der Waals surface area contributed by atoms with E-state index in [1.54, 1.807) is 12.1 Å². The number of hydrogen-bond donors (Lipinski definition) is 2. The number of piperazine rings is 1. The fourth-order valence-corrected chi connectivity index (χ4v) is 6.36. The number of aromatic amines is 1. The lowest BCUT2D eigenvalue weighted by molar-refractivity contribution is 0.0950. The standard InChI is InChI=1S/C30H45ClN6O2/c1-7-37(24-10-8-23(9-11-24)34(4)5)27-18-22(31)17-25(21(27)3)30(39)32-19-26-28(38)16-20(2)33-29(26)36-14-12-35(6)13-15-36/h16-18,23-24H,7-15,19H2,1-6H3,(H,32,39)(H,33,38). The number of likely N-dealkylation sites (N-methyl/N-ethyl adjacent to an activating group) is 1. The van der Waals surface area contributed by atoms with Crippen LogP contribution in [0.4, 0.5) is 11.5 Å². The number of anilines is 2. The van der Waals surface area contributed by atoms with Crippen LogP contribution in [0.2, 0.25) is 5.02 Å². The maximum atomic E-state index is 13.5. The molecule has 4 rings (SSSR count). The fraction of sp³-hybridized carbons (Fsp3) is 0.600. The average molecular weight is 557 g/mol. The van der Waals surface area contributed by atoms with Gasteiger partial charge in [0.25, 0.3) is 5.91 Å². The van der Waals surface area contributed by atoms with Crippen molar-refractivity contribution in [2.75, 3.05) is 63.7 Å². The number of benzene rings is 1. The minimum Gasteiger partial charge on any atom is -0.369 e. The summed E-state index contributed by atoms with van der Waals surface area (Å²) in [7, 11) is 6.42. The molecule has 2 aromatic rings. The molecule has 0 bridgehead atoms. The number of pyridine rings is 1. The summed E-state index contributed by atoms with van der Waals surface area (Å²) in [5.41, 5.74) is 3.85. The summed E-state index contributed by atoms with van der Waals surface area (Å²) < 4.78 is 0. The Balaban J connectivity index is 1.54. The summed E-state index contributed by atoms with van der Waals surface area (Å²) in [5.74, 6) is 0.593. The quantitative estimate of drug-likeness (QED) is 0.511. The van der Waals surface area contributed by atoms with Gasteiger partial charge in [-0.15, -0.1) is 0 Å². The first-order valence-electron chi connectivity index (χ1n) is 14.3. The highest BCUT2D eigenvalue weighted by Gasteiger charge is 2.28. The summed E-state index contributed by atoms with van der Waals surface area (Å²) in [6.45, 7) is 10.6. The van der Waals surface area contributed by atoms with Crippen molar-refractivity contribution in [3.63, 3.8) is 0 Å². The number of H-pyrrole nitrogens is 1. The van der Waals surface area contributed by atoms with Gasteiger partial charge in [-0.25, -0.2) is 0 Å². The monoisotopic (exact) mass is 556 g/mol. The van der Waals surface area contributed by atoms with Gasteiger partial charge in [0.2, 0.25) is 0 Å². The van der Waals surface area contributed by atoms with Gasteiger partial charge >= 0.3 is 0 Å². The zero-order valence-electron chi connectivity index (χ0n) is 24.4. The molecular formula is C30H45ClN6O2. The fourth-order valence-electron chi connectivity index (χ4n) is 6.14. The number of nitrogens with one attached hydrogen (secondary N) is 2. The number of halogens is 1. The van der Waals surface area contributed by atoms with Crippen molar-refractivity contribution < 1.29 is 4.79 Å². The summed E-state index contributed by atoms with van der Waals surface area (Å²) in [5, 5.41) is 3.58. The van der Waals surface area contributed by atoms with Gasteiger partial charge < -0.3 is 29.9 Å². The van der Waals surface area contributed by atoms with Crippen molar-refractivity contribution in [1.82, 2.24) is 20.1 Å². The molecule has 1 aliphatic heterocycles. The molecule has 39 heavy (non-hydrogen) atoms. The largest absolute Gasteiger partial charge is 0.369 e. The lowest BCUT2D eigenvalue weighted by atomic mass is 9.89. The van der Waals surface area contributed by atoms with Gasteiger partial charge in [0.05, 0.1) is 12.1 Å². The van der Waals surface area contributed by atoms with E-state index >= 15 is 0 Å². The molecule has 0 atom stereocenters. The van der Waals surface area contributed by atoms with Gasteiger partial charge in [0.1, 0.15) is 5.82 Å². The maximum absolute atomic E-state index is 13.5. The van der Waals surface area contributed by atoms with Crippen LogP contribution in [0.5, 0.6) is 0 Å². The van der Waals surface area contributed by atoms with Crippen molar-refractivity contribution in [2.45, 2.75) is 65.1 Å². The van der Waals surface area contributed by atoms with Crippen LogP contribution in [0, 0.1) is 13.8 Å². The van der Waals surface area contributed by atoms with Crippen LogP contribution in [0.1, 0.15) is 59.8 Å². The minimum absolute atomic E-state index is 0.0607. The van der Waals surface area contributed by atoms with E-state index < -0.39 is 0 Å². The molecule has 1 saturated heterocycles. The zero-order valence-corrected chi connectivity index (χ0v) is 25.2. The van der Waals surface area contributed by atoms with E-state index in [0.717, 1.165) is 68.3 Å². The molecule has 8 nitrogen and oxygen atoms in total. The summed E-state index contributed by atoms with van der Waals surface area (Å²) in [4.78, 5) is 39.2. The van der Waals surface area contributed by atoms with Crippen LogP contribution >= 0.6 is 11.6 Å². The van der Waals surface area contributed by atoms with Crippen LogP contribution in [0.25, 0.3) is 0 Å². The smallest absolute Gasteiger partial charge is 0.251 e. The highest BCUT2D eigenvalue weighted by Crippen LogP contribution is 2.34. The Kier molecular flexibility index (Phi) is 9.62. The number of nitrogens with zero attached hydrogens (tertiary/aromatic N) is 4. The van der Waals surface area contributed by atoms with E-state index in [0.29, 0.717) is 28.2 Å². The van der Waals surface area contributed by atoms with E-state index in [1.807, 2.05) is 19.9 Å². The molecule has 214 valence electrons. The van der Waals surface area contributed by atoms with Crippen LogP contribution in [-0.4, -0.2) is 86.6 Å². The number of rotatable bonds is 8. The molecule has 1 saturated carbocycles. The van der Waals surface area contributed by atoms with Crippen molar-refractivity contribution in [3.8, 4) is 0 Å². The molecule has 1 aromatic heterocycles. The van der Waals surface area contributed by atoms with Gasteiger partial charge in [-0.2, -0.15) is 0 Å². The molecule has 1 amide bonds. The Hall–Kier alpha value is -2.55. The topological polar surface area (TPSA) is 74.9 Å². The van der Waals surface area contributed by atoms with E-state index in [-0.39, 0.29) is 17.9 Å². The lowest BCUT2D eigenvalue weighted by Gasteiger charge is -2.40. The number of aryl methyl sites for hydroxylation is 1. The van der Waals surface area contributed by atoms with Gasteiger partial charge in [-0.05, 0) is 85.3 Å². The second kappa shape index (κ2) is 12.7. The van der Waals surface area contributed by atoms with Gasteiger partial charge in [-0.1, -0.05) is 11.6 Å². The van der Waals surface area contributed by atoms with Crippen molar-refractivity contribution in [3.05, 3.63) is 55.8 Å².